The summed E-state index contributed by atoms with van der Waals surface area (Å²) in [6.45, 7) is 7.61. The van der Waals surface area contributed by atoms with E-state index in [0.717, 1.165) is 24.8 Å². The maximum absolute atomic E-state index is 13.4. The van der Waals surface area contributed by atoms with Gasteiger partial charge in [-0.1, -0.05) is 82.2 Å². The van der Waals surface area contributed by atoms with E-state index in [1.54, 1.807) is 20.8 Å². The van der Waals surface area contributed by atoms with E-state index in [0.29, 0.717) is 12.8 Å². The van der Waals surface area contributed by atoms with Gasteiger partial charge >= 0.3 is 5.97 Å². The largest absolute Gasteiger partial charge is 0.460 e. The number of carbonyl (C=O) groups excluding carboxylic acids is 3. The molecule has 2 amide bonds. The number of carbonyl (C=O) groups is 3. The van der Waals surface area contributed by atoms with Crippen molar-refractivity contribution < 1.29 is 24.2 Å². The van der Waals surface area contributed by atoms with E-state index >= 15 is 0 Å². The highest BCUT2D eigenvalue weighted by Crippen LogP contribution is 2.20. The number of esters is 1. The Labute approximate surface area is 217 Å². The number of unbranched alkanes of at least 4 members (excludes halogenated alkanes) is 6. The van der Waals surface area contributed by atoms with Gasteiger partial charge in [-0.25, -0.2) is 0 Å². The first-order valence-electron chi connectivity index (χ1n) is 13.5. The molecule has 0 aliphatic heterocycles. The van der Waals surface area contributed by atoms with E-state index in [1.807, 2.05) is 30.3 Å². The first kappa shape index (κ1) is 31.6. The third-order valence-corrected chi connectivity index (χ3v) is 6.12. The molecule has 7 nitrogen and oxygen atoms in total. The van der Waals surface area contributed by atoms with Crippen molar-refractivity contribution in [2.45, 2.75) is 116 Å². The summed E-state index contributed by atoms with van der Waals surface area (Å²) in [4.78, 5) is 37.9. The van der Waals surface area contributed by atoms with Crippen molar-refractivity contribution in [3.63, 3.8) is 0 Å². The second kappa shape index (κ2) is 17.1. The number of rotatable bonds is 17. The van der Waals surface area contributed by atoms with Gasteiger partial charge in [0, 0.05) is 13.0 Å². The number of hydrogen-bond donors (Lipinski definition) is 3. The molecule has 3 N–H and O–H groups in total. The molecule has 3 atom stereocenters. The van der Waals surface area contributed by atoms with Crippen molar-refractivity contribution in [3.05, 3.63) is 35.9 Å². The van der Waals surface area contributed by atoms with Crippen LogP contribution in [0.1, 0.15) is 97.5 Å². The van der Waals surface area contributed by atoms with E-state index in [2.05, 4.69) is 17.6 Å². The Bertz CT molecular complexity index is 776. The van der Waals surface area contributed by atoms with Gasteiger partial charge in [0.25, 0.3) is 0 Å². The van der Waals surface area contributed by atoms with E-state index in [4.69, 9.17) is 4.74 Å². The van der Waals surface area contributed by atoms with Gasteiger partial charge in [-0.15, -0.1) is 0 Å². The van der Waals surface area contributed by atoms with Crippen LogP contribution < -0.4 is 10.6 Å². The number of amides is 2. The highest BCUT2D eigenvalue weighted by molar-refractivity contribution is 5.84. The second-order valence-electron chi connectivity index (χ2n) is 10.6. The number of benzene rings is 1. The molecular formula is C29H48N2O5. The summed E-state index contributed by atoms with van der Waals surface area (Å²) in [5, 5.41) is 16.3. The second-order valence-corrected chi connectivity index (χ2v) is 10.6. The molecule has 0 spiro atoms. The van der Waals surface area contributed by atoms with E-state index in [9.17, 15) is 19.5 Å². The zero-order chi connectivity index (χ0) is 27.0. The lowest BCUT2D eigenvalue weighted by molar-refractivity contribution is -0.157. The van der Waals surface area contributed by atoms with Crippen LogP contribution >= 0.6 is 0 Å². The average Bonchev–Trinajstić information content (AvgIpc) is 2.81. The van der Waals surface area contributed by atoms with E-state index in [1.165, 1.54) is 32.7 Å². The molecule has 0 saturated carbocycles. The van der Waals surface area contributed by atoms with Crippen LogP contribution in [0.3, 0.4) is 0 Å². The maximum atomic E-state index is 13.4. The zero-order valence-corrected chi connectivity index (χ0v) is 23.0. The van der Waals surface area contributed by atoms with Crippen molar-refractivity contribution in [1.29, 1.82) is 0 Å². The average molecular weight is 505 g/mol. The highest BCUT2D eigenvalue weighted by Gasteiger charge is 2.30. The Balaban J connectivity index is 2.90. The van der Waals surface area contributed by atoms with Crippen LogP contribution in [0.2, 0.25) is 0 Å². The lowest BCUT2D eigenvalue weighted by Gasteiger charge is -2.27. The molecule has 0 unspecified atom stereocenters. The monoisotopic (exact) mass is 504 g/mol. The number of aliphatic hydroxyl groups is 1. The van der Waals surface area contributed by atoms with Crippen LogP contribution in [0.15, 0.2) is 30.3 Å². The lowest BCUT2D eigenvalue weighted by atomic mass is 9.93. The minimum Gasteiger partial charge on any atom is -0.460 e. The standard InChI is InChI=1S/C29H48N2O5/c1-6-7-8-9-10-11-15-18-23(20-27(34)36-29(2,3)4)28(35)31-24(25(32)21-26(33)30-5)19-22-16-13-12-14-17-22/h12-14,16-17,23-25,32H,6-11,15,18-21H2,1-5H3,(H,30,33)(H,31,35)/t23-,24+,25-/m1/s1. The van der Waals surface area contributed by atoms with Gasteiger partial charge in [0.2, 0.25) is 11.8 Å². The van der Waals surface area contributed by atoms with Gasteiger partial charge in [0.1, 0.15) is 5.60 Å². The van der Waals surface area contributed by atoms with Crippen LogP contribution in [-0.4, -0.2) is 47.7 Å². The van der Waals surface area contributed by atoms with Crippen LogP contribution in [0, 0.1) is 5.92 Å². The lowest BCUT2D eigenvalue weighted by Crippen LogP contribution is -2.48. The predicted molar refractivity (Wildman–Crippen MR) is 143 cm³/mol. The molecule has 0 aromatic heterocycles. The highest BCUT2D eigenvalue weighted by atomic mass is 16.6. The Morgan fingerprint density at radius 1 is 0.944 bits per heavy atom. The molecule has 0 radical (unpaired) electrons. The van der Waals surface area contributed by atoms with Crippen LogP contribution in [-0.2, 0) is 25.5 Å². The molecule has 0 aliphatic carbocycles. The third-order valence-electron chi connectivity index (χ3n) is 6.12. The number of ether oxygens (including phenoxy) is 1. The predicted octanol–water partition coefficient (Wildman–Crippen LogP) is 4.70. The van der Waals surface area contributed by atoms with Crippen molar-refractivity contribution in [2.24, 2.45) is 5.92 Å². The molecule has 1 rings (SSSR count). The Hall–Kier alpha value is -2.41. The number of hydrogen-bond acceptors (Lipinski definition) is 5. The minimum absolute atomic E-state index is 0.0114. The number of aliphatic hydroxyl groups excluding tert-OH is 1. The molecule has 0 fully saturated rings. The maximum Gasteiger partial charge on any atom is 0.307 e. The fourth-order valence-electron chi connectivity index (χ4n) is 4.14. The molecule has 0 aliphatic rings. The smallest absolute Gasteiger partial charge is 0.307 e. The Morgan fingerprint density at radius 3 is 2.14 bits per heavy atom. The summed E-state index contributed by atoms with van der Waals surface area (Å²) in [5.41, 5.74) is 0.311. The quantitative estimate of drug-likeness (QED) is 0.211. The summed E-state index contributed by atoms with van der Waals surface area (Å²) in [6.07, 6.45) is 7.57. The first-order chi connectivity index (χ1) is 17.1. The SMILES string of the molecule is CCCCCCCCC[C@H](CC(=O)OC(C)(C)C)C(=O)N[C@@H](Cc1ccccc1)[C@H](O)CC(=O)NC. The minimum atomic E-state index is -1.06. The zero-order valence-electron chi connectivity index (χ0n) is 23.0. The fraction of sp³-hybridized carbons (Fsp3) is 0.690. The van der Waals surface area contributed by atoms with E-state index < -0.39 is 29.6 Å². The summed E-state index contributed by atoms with van der Waals surface area (Å²) in [7, 11) is 1.51. The fourth-order valence-corrected chi connectivity index (χ4v) is 4.14. The van der Waals surface area contributed by atoms with Gasteiger partial charge in [-0.2, -0.15) is 0 Å². The van der Waals surface area contributed by atoms with Crippen LogP contribution in [0.4, 0.5) is 0 Å². The molecule has 1 aromatic carbocycles. The molecule has 7 heteroatoms. The topological polar surface area (TPSA) is 105 Å². The van der Waals surface area contributed by atoms with Crippen LogP contribution in [0.5, 0.6) is 0 Å². The molecule has 204 valence electrons. The van der Waals surface area contributed by atoms with Crippen LogP contribution in [0.25, 0.3) is 0 Å². The van der Waals surface area contributed by atoms with Crippen molar-refractivity contribution in [2.75, 3.05) is 7.05 Å². The molecular weight excluding hydrogens is 456 g/mol. The Morgan fingerprint density at radius 2 is 1.56 bits per heavy atom. The molecule has 0 bridgehead atoms. The first-order valence-corrected chi connectivity index (χ1v) is 13.5. The van der Waals surface area contributed by atoms with Gasteiger partial charge < -0.3 is 20.5 Å². The normalized spacial score (nSPS) is 13.9. The summed E-state index contributed by atoms with van der Waals surface area (Å²) < 4.78 is 5.48. The molecule has 0 saturated heterocycles. The summed E-state index contributed by atoms with van der Waals surface area (Å²) in [6, 6.07) is 8.87. The summed E-state index contributed by atoms with van der Waals surface area (Å²) >= 11 is 0. The molecule has 1 aromatic rings. The van der Waals surface area contributed by atoms with Crippen molar-refractivity contribution in [1.82, 2.24) is 10.6 Å². The van der Waals surface area contributed by atoms with Gasteiger partial charge in [0.15, 0.2) is 0 Å². The Kier molecular flexibility index (Phi) is 15.0. The van der Waals surface area contributed by atoms with Gasteiger partial charge in [-0.3, -0.25) is 14.4 Å². The van der Waals surface area contributed by atoms with Crippen molar-refractivity contribution >= 4 is 17.8 Å². The van der Waals surface area contributed by atoms with Gasteiger partial charge in [0.05, 0.1) is 25.0 Å². The van der Waals surface area contributed by atoms with Crippen molar-refractivity contribution in [3.8, 4) is 0 Å². The summed E-state index contributed by atoms with van der Waals surface area (Å²) in [5.74, 6) is -1.55. The molecule has 0 heterocycles. The molecule has 36 heavy (non-hydrogen) atoms. The number of nitrogens with one attached hydrogen (secondary N) is 2. The third kappa shape index (κ3) is 14.2. The van der Waals surface area contributed by atoms with Gasteiger partial charge in [-0.05, 0) is 39.2 Å². The van der Waals surface area contributed by atoms with E-state index in [-0.39, 0.29) is 24.7 Å².